The Morgan fingerprint density at radius 1 is 1.13 bits per heavy atom. The molecule has 4 nitrogen and oxygen atoms in total. The van der Waals surface area contributed by atoms with Gasteiger partial charge in [0.15, 0.2) is 0 Å². The number of rotatable bonds is 8. The molecule has 1 N–H and O–H groups in total. The smallest absolute Gasteiger partial charge is 0.416 e. The molecule has 1 amide bonds. The van der Waals surface area contributed by atoms with Crippen LogP contribution in [0.2, 0.25) is 0 Å². The zero-order valence-electron chi connectivity index (χ0n) is 17.2. The van der Waals surface area contributed by atoms with E-state index >= 15 is 0 Å². The number of carbonyl (C=O) groups is 1. The highest BCUT2D eigenvalue weighted by atomic mass is 19.4. The summed E-state index contributed by atoms with van der Waals surface area (Å²) in [6.45, 7) is 5.30. The Labute approximate surface area is 175 Å². The zero-order chi connectivity index (χ0) is 21.7. The molecule has 0 aliphatic carbocycles. The van der Waals surface area contributed by atoms with Crippen molar-refractivity contribution in [1.29, 1.82) is 0 Å². The third-order valence-electron chi connectivity index (χ3n) is 5.01. The second kappa shape index (κ2) is 9.51. The van der Waals surface area contributed by atoms with Crippen molar-refractivity contribution < 1.29 is 22.7 Å². The molecule has 0 radical (unpaired) electrons. The van der Waals surface area contributed by atoms with Crippen molar-refractivity contribution in [2.75, 3.05) is 13.1 Å². The van der Waals surface area contributed by atoms with E-state index in [4.69, 9.17) is 4.74 Å². The predicted octanol–water partition coefficient (Wildman–Crippen LogP) is 4.95. The standard InChI is InChI=1S/C23H27F3N2O2/c1-16(2)30-20-9-3-6-17(12-20)14-27-21(15-28-11-5-10-22(28)29)18-7-4-8-19(13-18)23(24,25)26/h3-4,6-9,12-13,16,21,27H,5,10-11,14-15H2,1-2H3. The van der Waals surface area contributed by atoms with Crippen LogP contribution < -0.4 is 10.1 Å². The molecule has 2 aromatic rings. The van der Waals surface area contributed by atoms with E-state index in [1.165, 1.54) is 6.07 Å². The average Bonchev–Trinajstić information content (AvgIpc) is 3.09. The number of likely N-dealkylation sites (tertiary alicyclic amines) is 1. The summed E-state index contributed by atoms with van der Waals surface area (Å²) in [6.07, 6.45) is -3.09. The van der Waals surface area contributed by atoms with E-state index in [9.17, 15) is 18.0 Å². The summed E-state index contributed by atoms with van der Waals surface area (Å²) >= 11 is 0. The van der Waals surface area contributed by atoms with Crippen molar-refractivity contribution in [2.45, 2.75) is 51.6 Å². The summed E-state index contributed by atoms with van der Waals surface area (Å²) in [4.78, 5) is 13.8. The van der Waals surface area contributed by atoms with Gasteiger partial charge in [0.1, 0.15) is 5.75 Å². The van der Waals surface area contributed by atoms with Crippen molar-refractivity contribution in [2.24, 2.45) is 0 Å². The number of nitrogens with one attached hydrogen (secondary N) is 1. The number of amides is 1. The van der Waals surface area contributed by atoms with Crippen LogP contribution in [0.1, 0.15) is 49.4 Å². The molecule has 7 heteroatoms. The van der Waals surface area contributed by atoms with Gasteiger partial charge in [0, 0.05) is 26.1 Å². The van der Waals surface area contributed by atoms with E-state index in [0.29, 0.717) is 31.6 Å². The van der Waals surface area contributed by atoms with E-state index in [1.54, 1.807) is 11.0 Å². The summed E-state index contributed by atoms with van der Waals surface area (Å²) in [6, 6.07) is 12.5. The molecule has 30 heavy (non-hydrogen) atoms. The molecule has 1 heterocycles. The van der Waals surface area contributed by atoms with Crippen LogP contribution in [0.5, 0.6) is 5.75 Å². The lowest BCUT2D eigenvalue weighted by atomic mass is 10.0. The van der Waals surface area contributed by atoms with Crippen molar-refractivity contribution >= 4 is 5.91 Å². The zero-order valence-corrected chi connectivity index (χ0v) is 17.2. The molecular formula is C23H27F3N2O2. The Balaban J connectivity index is 1.79. The number of carbonyl (C=O) groups excluding carboxylic acids is 1. The Hall–Kier alpha value is -2.54. The number of halogens is 3. The summed E-state index contributed by atoms with van der Waals surface area (Å²) in [5.41, 5.74) is 0.781. The van der Waals surface area contributed by atoms with Crippen LogP contribution in [0.4, 0.5) is 13.2 Å². The molecule has 0 saturated carbocycles. The van der Waals surface area contributed by atoms with Gasteiger partial charge in [-0.3, -0.25) is 4.79 Å². The van der Waals surface area contributed by atoms with Gasteiger partial charge in [-0.05, 0) is 55.7 Å². The summed E-state index contributed by atoms with van der Waals surface area (Å²) in [5, 5.41) is 3.34. The van der Waals surface area contributed by atoms with Gasteiger partial charge in [0.2, 0.25) is 5.91 Å². The normalized spacial score (nSPS) is 15.7. The van der Waals surface area contributed by atoms with Gasteiger partial charge in [-0.25, -0.2) is 0 Å². The van der Waals surface area contributed by atoms with E-state index in [2.05, 4.69) is 5.32 Å². The first-order valence-electron chi connectivity index (χ1n) is 10.2. The van der Waals surface area contributed by atoms with Crippen molar-refractivity contribution in [1.82, 2.24) is 10.2 Å². The molecule has 1 unspecified atom stereocenters. The number of benzene rings is 2. The van der Waals surface area contributed by atoms with Gasteiger partial charge in [0.05, 0.1) is 17.7 Å². The topological polar surface area (TPSA) is 41.6 Å². The fourth-order valence-corrected chi connectivity index (χ4v) is 3.58. The van der Waals surface area contributed by atoms with Crippen LogP contribution in [0.15, 0.2) is 48.5 Å². The van der Waals surface area contributed by atoms with Gasteiger partial charge in [-0.15, -0.1) is 0 Å². The molecule has 3 rings (SSSR count). The molecule has 162 valence electrons. The number of alkyl halides is 3. The minimum atomic E-state index is -4.41. The van der Waals surface area contributed by atoms with Crippen LogP contribution in [0.3, 0.4) is 0 Å². The third-order valence-corrected chi connectivity index (χ3v) is 5.01. The first-order valence-corrected chi connectivity index (χ1v) is 10.2. The highest BCUT2D eigenvalue weighted by Gasteiger charge is 2.31. The summed E-state index contributed by atoms with van der Waals surface area (Å²) in [5.74, 6) is 0.788. The van der Waals surface area contributed by atoms with Gasteiger partial charge >= 0.3 is 6.18 Å². The summed E-state index contributed by atoms with van der Waals surface area (Å²) < 4.78 is 45.3. The first kappa shape index (κ1) is 22.2. The maximum Gasteiger partial charge on any atom is 0.416 e. The highest BCUT2D eigenvalue weighted by Crippen LogP contribution is 2.31. The number of hydrogen-bond acceptors (Lipinski definition) is 3. The van der Waals surface area contributed by atoms with Crippen LogP contribution in [-0.2, 0) is 17.5 Å². The lowest BCUT2D eigenvalue weighted by molar-refractivity contribution is -0.137. The molecule has 1 atom stereocenters. The molecule has 1 saturated heterocycles. The predicted molar refractivity (Wildman–Crippen MR) is 109 cm³/mol. The van der Waals surface area contributed by atoms with Gasteiger partial charge in [-0.1, -0.05) is 24.3 Å². The van der Waals surface area contributed by atoms with Crippen LogP contribution in [0.25, 0.3) is 0 Å². The number of nitrogens with zero attached hydrogens (tertiary/aromatic N) is 1. The Bertz CT molecular complexity index is 868. The molecular weight excluding hydrogens is 393 g/mol. The van der Waals surface area contributed by atoms with E-state index < -0.39 is 17.8 Å². The van der Waals surface area contributed by atoms with E-state index in [0.717, 1.165) is 29.9 Å². The Kier molecular flexibility index (Phi) is 7.02. The molecule has 1 fully saturated rings. The molecule has 1 aliphatic rings. The Morgan fingerprint density at radius 3 is 2.57 bits per heavy atom. The maximum atomic E-state index is 13.2. The van der Waals surface area contributed by atoms with Crippen molar-refractivity contribution in [3.63, 3.8) is 0 Å². The second-order valence-corrected chi connectivity index (χ2v) is 7.81. The second-order valence-electron chi connectivity index (χ2n) is 7.81. The molecule has 1 aliphatic heterocycles. The summed E-state index contributed by atoms with van der Waals surface area (Å²) in [7, 11) is 0. The highest BCUT2D eigenvalue weighted by molar-refractivity contribution is 5.78. The van der Waals surface area contributed by atoms with Gasteiger partial charge in [0.25, 0.3) is 0 Å². The molecule has 2 aromatic carbocycles. The Morgan fingerprint density at radius 2 is 1.90 bits per heavy atom. The average molecular weight is 420 g/mol. The van der Waals surface area contributed by atoms with Crippen LogP contribution in [-0.4, -0.2) is 30.0 Å². The lowest BCUT2D eigenvalue weighted by Crippen LogP contribution is -2.36. The molecule has 0 aromatic heterocycles. The molecule has 0 bridgehead atoms. The van der Waals surface area contributed by atoms with Crippen LogP contribution >= 0.6 is 0 Å². The maximum absolute atomic E-state index is 13.2. The van der Waals surface area contributed by atoms with E-state index in [1.807, 2.05) is 38.1 Å². The van der Waals surface area contributed by atoms with Crippen molar-refractivity contribution in [3.05, 3.63) is 65.2 Å². The minimum absolute atomic E-state index is 0.0427. The van der Waals surface area contributed by atoms with Gasteiger partial charge in [-0.2, -0.15) is 13.2 Å². The number of hydrogen-bond donors (Lipinski definition) is 1. The molecule has 0 spiro atoms. The monoisotopic (exact) mass is 420 g/mol. The number of ether oxygens (including phenoxy) is 1. The minimum Gasteiger partial charge on any atom is -0.491 e. The lowest BCUT2D eigenvalue weighted by Gasteiger charge is -2.26. The fraction of sp³-hybridized carbons (Fsp3) is 0.435. The van der Waals surface area contributed by atoms with Gasteiger partial charge < -0.3 is 15.0 Å². The largest absolute Gasteiger partial charge is 0.491 e. The fourth-order valence-electron chi connectivity index (χ4n) is 3.58. The van der Waals surface area contributed by atoms with E-state index in [-0.39, 0.29) is 12.0 Å². The third kappa shape index (κ3) is 5.98. The SMILES string of the molecule is CC(C)Oc1cccc(CNC(CN2CCCC2=O)c2cccc(C(F)(F)F)c2)c1. The quantitative estimate of drug-likeness (QED) is 0.657. The first-order chi connectivity index (χ1) is 14.2. The van der Waals surface area contributed by atoms with Crippen molar-refractivity contribution in [3.8, 4) is 5.75 Å². The van der Waals surface area contributed by atoms with Crippen LogP contribution in [0, 0.1) is 0 Å².